The molecule has 0 aliphatic carbocycles. The largest absolute Gasteiger partial charge is 0.398 e. The number of nitrogens with one attached hydrogen (secondary N) is 1. The highest BCUT2D eigenvalue weighted by Crippen LogP contribution is 2.26. The predicted octanol–water partition coefficient (Wildman–Crippen LogP) is 3.77. The Bertz CT molecular complexity index is 762. The van der Waals surface area contributed by atoms with E-state index in [1.54, 1.807) is 25.3 Å². The van der Waals surface area contributed by atoms with Crippen LogP contribution < -0.4 is 5.73 Å². The Kier molecular flexibility index (Phi) is 2.99. The molecule has 4 heteroatoms. The van der Waals surface area contributed by atoms with Crippen molar-refractivity contribution in [3.05, 3.63) is 60.0 Å². The third-order valence-electron chi connectivity index (χ3n) is 3.26. The molecule has 20 heavy (non-hydrogen) atoms. The molecule has 3 N–H and O–H groups in total. The molecule has 3 aromatic rings. The van der Waals surface area contributed by atoms with Gasteiger partial charge >= 0.3 is 0 Å². The average molecular weight is 267 g/mol. The summed E-state index contributed by atoms with van der Waals surface area (Å²) in [7, 11) is 0. The maximum absolute atomic E-state index is 13.3. The van der Waals surface area contributed by atoms with Crippen LogP contribution in [-0.4, -0.2) is 9.97 Å². The van der Waals surface area contributed by atoms with Gasteiger partial charge in [0.2, 0.25) is 0 Å². The van der Waals surface area contributed by atoms with Gasteiger partial charge in [0.05, 0.1) is 11.9 Å². The van der Waals surface area contributed by atoms with Crippen LogP contribution in [0.2, 0.25) is 0 Å². The summed E-state index contributed by atoms with van der Waals surface area (Å²) in [6.07, 6.45) is 1.73. The number of hydrogen-bond acceptors (Lipinski definition) is 2. The lowest BCUT2D eigenvalue weighted by Gasteiger charge is -2.02. The molecule has 0 aliphatic heterocycles. The molecule has 1 aromatic heterocycles. The second-order valence-corrected chi connectivity index (χ2v) is 4.70. The number of aryl methyl sites for hydroxylation is 1. The number of imidazole rings is 1. The minimum atomic E-state index is -0.208. The summed E-state index contributed by atoms with van der Waals surface area (Å²) in [5.74, 6) is 0.501. The van der Waals surface area contributed by atoms with Gasteiger partial charge in [-0.2, -0.15) is 0 Å². The van der Waals surface area contributed by atoms with E-state index in [0.717, 1.165) is 16.8 Å². The summed E-state index contributed by atoms with van der Waals surface area (Å²) in [6, 6.07) is 12.5. The fourth-order valence-electron chi connectivity index (χ4n) is 2.13. The predicted molar refractivity (Wildman–Crippen MR) is 78.6 cm³/mol. The molecule has 0 spiro atoms. The van der Waals surface area contributed by atoms with Gasteiger partial charge in [-0.15, -0.1) is 0 Å². The molecule has 0 bridgehead atoms. The highest BCUT2D eigenvalue weighted by molar-refractivity contribution is 5.73. The van der Waals surface area contributed by atoms with Crippen molar-refractivity contribution in [2.45, 2.75) is 6.92 Å². The van der Waals surface area contributed by atoms with Crippen molar-refractivity contribution in [2.75, 3.05) is 5.73 Å². The monoisotopic (exact) mass is 267 g/mol. The van der Waals surface area contributed by atoms with E-state index in [1.165, 1.54) is 6.07 Å². The smallest absolute Gasteiger partial charge is 0.139 e. The van der Waals surface area contributed by atoms with E-state index < -0.39 is 0 Å². The van der Waals surface area contributed by atoms with Crippen LogP contribution in [0.3, 0.4) is 0 Å². The Labute approximate surface area is 116 Å². The number of anilines is 1. The molecule has 3 rings (SSSR count). The van der Waals surface area contributed by atoms with Crippen molar-refractivity contribution in [1.82, 2.24) is 9.97 Å². The number of nitrogens with zero attached hydrogens (tertiary/aromatic N) is 1. The van der Waals surface area contributed by atoms with Gasteiger partial charge in [-0.3, -0.25) is 0 Å². The minimum Gasteiger partial charge on any atom is -0.398 e. The number of rotatable bonds is 2. The van der Waals surface area contributed by atoms with Crippen molar-refractivity contribution in [3.8, 4) is 22.6 Å². The first kappa shape index (κ1) is 12.4. The van der Waals surface area contributed by atoms with Crippen LogP contribution in [0.1, 0.15) is 5.56 Å². The molecule has 0 fully saturated rings. The van der Waals surface area contributed by atoms with Crippen molar-refractivity contribution in [2.24, 2.45) is 0 Å². The third-order valence-corrected chi connectivity index (χ3v) is 3.26. The number of H-pyrrole nitrogens is 1. The third kappa shape index (κ3) is 2.16. The first-order valence-corrected chi connectivity index (χ1v) is 6.31. The lowest BCUT2D eigenvalue weighted by Crippen LogP contribution is -1.90. The molecule has 3 nitrogen and oxygen atoms in total. The summed E-state index contributed by atoms with van der Waals surface area (Å²) < 4.78 is 13.3. The molecular weight excluding hydrogens is 253 g/mol. The summed E-state index contributed by atoms with van der Waals surface area (Å²) >= 11 is 0. The number of aromatic nitrogens is 2. The molecule has 0 radical (unpaired) electrons. The van der Waals surface area contributed by atoms with Gasteiger partial charge in [-0.25, -0.2) is 9.37 Å². The Morgan fingerprint density at radius 2 is 1.95 bits per heavy atom. The quantitative estimate of drug-likeness (QED) is 0.694. The van der Waals surface area contributed by atoms with E-state index in [1.807, 2.05) is 24.3 Å². The molecule has 1 heterocycles. The van der Waals surface area contributed by atoms with E-state index in [2.05, 4.69) is 9.97 Å². The van der Waals surface area contributed by atoms with Crippen molar-refractivity contribution < 1.29 is 4.39 Å². The summed E-state index contributed by atoms with van der Waals surface area (Å²) in [5.41, 5.74) is 9.81. The van der Waals surface area contributed by atoms with Crippen LogP contribution in [0.15, 0.2) is 48.7 Å². The number of nitrogen functional groups attached to an aromatic ring is 1. The molecule has 0 atom stereocenters. The summed E-state index contributed by atoms with van der Waals surface area (Å²) in [5, 5.41) is 0. The lowest BCUT2D eigenvalue weighted by molar-refractivity contribution is 0.619. The fourth-order valence-corrected chi connectivity index (χ4v) is 2.13. The Hall–Kier alpha value is -2.62. The number of para-hydroxylation sites is 1. The molecular formula is C16H14FN3. The van der Waals surface area contributed by atoms with Crippen molar-refractivity contribution in [3.63, 3.8) is 0 Å². The average Bonchev–Trinajstić information content (AvgIpc) is 2.92. The highest BCUT2D eigenvalue weighted by atomic mass is 19.1. The Morgan fingerprint density at radius 3 is 2.70 bits per heavy atom. The standard InChI is InChI=1S/C16H14FN3/c1-10-8-11(6-7-13(10)17)15-9-19-16(20-15)12-4-2-3-5-14(12)18/h2-9H,18H2,1H3,(H,19,20). The zero-order valence-corrected chi connectivity index (χ0v) is 11.0. The fraction of sp³-hybridized carbons (Fsp3) is 0.0625. The molecule has 0 unspecified atom stereocenters. The number of nitrogens with two attached hydrogens (primary N) is 1. The van der Waals surface area contributed by atoms with Crippen LogP contribution in [0, 0.1) is 12.7 Å². The van der Waals surface area contributed by atoms with Gasteiger partial charge < -0.3 is 10.7 Å². The Morgan fingerprint density at radius 1 is 1.15 bits per heavy atom. The van der Waals surface area contributed by atoms with E-state index in [4.69, 9.17) is 5.73 Å². The molecule has 0 amide bonds. The number of halogens is 1. The maximum atomic E-state index is 13.3. The van der Waals surface area contributed by atoms with E-state index in [-0.39, 0.29) is 5.82 Å². The van der Waals surface area contributed by atoms with Crippen molar-refractivity contribution in [1.29, 1.82) is 0 Å². The molecule has 0 saturated heterocycles. The normalized spacial score (nSPS) is 10.7. The number of hydrogen-bond donors (Lipinski definition) is 2. The SMILES string of the molecule is Cc1cc(-c2cnc(-c3ccccc3N)[nH]2)ccc1F. The molecule has 0 saturated carbocycles. The summed E-state index contributed by atoms with van der Waals surface area (Å²) in [4.78, 5) is 7.57. The van der Waals surface area contributed by atoms with Crippen LogP contribution in [0.4, 0.5) is 10.1 Å². The van der Waals surface area contributed by atoms with Crippen LogP contribution >= 0.6 is 0 Å². The van der Waals surface area contributed by atoms with Gasteiger partial charge in [0.15, 0.2) is 0 Å². The molecule has 0 aliphatic rings. The number of aromatic amines is 1. The zero-order chi connectivity index (χ0) is 14.1. The van der Waals surface area contributed by atoms with Gasteiger partial charge in [0.25, 0.3) is 0 Å². The van der Waals surface area contributed by atoms with E-state index in [9.17, 15) is 4.39 Å². The van der Waals surface area contributed by atoms with Crippen LogP contribution in [-0.2, 0) is 0 Å². The van der Waals surface area contributed by atoms with Gasteiger partial charge in [-0.1, -0.05) is 12.1 Å². The minimum absolute atomic E-state index is 0.208. The van der Waals surface area contributed by atoms with Gasteiger partial charge in [-0.05, 0) is 42.8 Å². The Balaban J connectivity index is 2.02. The van der Waals surface area contributed by atoms with Crippen LogP contribution in [0.25, 0.3) is 22.6 Å². The van der Waals surface area contributed by atoms with Gasteiger partial charge in [0, 0.05) is 16.8 Å². The molecule has 2 aromatic carbocycles. The van der Waals surface area contributed by atoms with Gasteiger partial charge in [0.1, 0.15) is 11.6 Å². The molecule has 100 valence electrons. The van der Waals surface area contributed by atoms with E-state index in [0.29, 0.717) is 17.1 Å². The first-order valence-electron chi connectivity index (χ1n) is 6.31. The highest BCUT2D eigenvalue weighted by Gasteiger charge is 2.08. The second kappa shape index (κ2) is 4.81. The number of benzene rings is 2. The first-order chi connectivity index (χ1) is 9.65. The topological polar surface area (TPSA) is 54.7 Å². The second-order valence-electron chi connectivity index (χ2n) is 4.70. The summed E-state index contributed by atoms with van der Waals surface area (Å²) in [6.45, 7) is 1.74. The zero-order valence-electron chi connectivity index (χ0n) is 11.0. The lowest BCUT2D eigenvalue weighted by atomic mass is 10.1. The van der Waals surface area contributed by atoms with E-state index >= 15 is 0 Å². The van der Waals surface area contributed by atoms with Crippen LogP contribution in [0.5, 0.6) is 0 Å². The van der Waals surface area contributed by atoms with Crippen molar-refractivity contribution >= 4 is 5.69 Å². The maximum Gasteiger partial charge on any atom is 0.139 e.